The standard InChI is InChI=1S/C22H20ClNO/c23-20-13-11-19(12-14-20)22(25)24-16-15-21(17-7-3-1-4-8-17)18-9-5-2-6-10-18/h1-14,21H,15-16H2,(H,24,25). The Balaban J connectivity index is 1.67. The molecule has 0 atom stereocenters. The fraction of sp³-hybridized carbons (Fsp3) is 0.136. The van der Waals surface area contributed by atoms with Crippen molar-refractivity contribution >= 4 is 17.5 Å². The first-order valence-corrected chi connectivity index (χ1v) is 8.75. The number of halogens is 1. The molecule has 0 saturated carbocycles. The van der Waals surface area contributed by atoms with Crippen LogP contribution >= 0.6 is 11.6 Å². The van der Waals surface area contributed by atoms with Gasteiger partial charge in [-0.3, -0.25) is 4.79 Å². The third kappa shape index (κ3) is 4.71. The van der Waals surface area contributed by atoms with Gasteiger partial charge in [0.2, 0.25) is 0 Å². The molecule has 0 aliphatic carbocycles. The average Bonchev–Trinajstić information content (AvgIpc) is 2.67. The van der Waals surface area contributed by atoms with Gasteiger partial charge in [-0.05, 0) is 41.8 Å². The Kier molecular flexibility index (Phi) is 5.86. The van der Waals surface area contributed by atoms with E-state index in [1.165, 1.54) is 11.1 Å². The Labute approximate surface area is 153 Å². The maximum atomic E-state index is 12.3. The molecule has 0 radical (unpaired) electrons. The molecule has 0 bridgehead atoms. The number of carbonyl (C=O) groups is 1. The Morgan fingerprint density at radius 3 is 1.84 bits per heavy atom. The second-order valence-corrected chi connectivity index (χ2v) is 6.36. The minimum absolute atomic E-state index is 0.0726. The molecule has 0 aliphatic heterocycles. The molecular formula is C22H20ClNO. The summed E-state index contributed by atoms with van der Waals surface area (Å²) in [5.41, 5.74) is 3.14. The van der Waals surface area contributed by atoms with Crippen LogP contribution in [-0.2, 0) is 0 Å². The van der Waals surface area contributed by atoms with Crippen LogP contribution in [0.5, 0.6) is 0 Å². The second-order valence-electron chi connectivity index (χ2n) is 5.93. The molecule has 25 heavy (non-hydrogen) atoms. The van der Waals surface area contributed by atoms with Crippen LogP contribution in [0.25, 0.3) is 0 Å². The van der Waals surface area contributed by atoms with Crippen LogP contribution in [0, 0.1) is 0 Å². The zero-order valence-electron chi connectivity index (χ0n) is 13.9. The number of hydrogen-bond donors (Lipinski definition) is 1. The smallest absolute Gasteiger partial charge is 0.251 e. The third-order valence-corrected chi connectivity index (χ3v) is 4.48. The molecule has 1 amide bonds. The van der Waals surface area contributed by atoms with E-state index in [2.05, 4.69) is 53.8 Å². The van der Waals surface area contributed by atoms with E-state index in [4.69, 9.17) is 11.6 Å². The molecule has 0 aliphatic rings. The summed E-state index contributed by atoms with van der Waals surface area (Å²) in [7, 11) is 0. The van der Waals surface area contributed by atoms with E-state index in [0.717, 1.165) is 6.42 Å². The van der Waals surface area contributed by atoms with Crippen LogP contribution in [-0.4, -0.2) is 12.5 Å². The summed E-state index contributed by atoms with van der Waals surface area (Å²) in [5.74, 6) is 0.185. The summed E-state index contributed by atoms with van der Waals surface area (Å²) in [5, 5.41) is 3.64. The minimum atomic E-state index is -0.0726. The lowest BCUT2D eigenvalue weighted by Gasteiger charge is -2.18. The highest BCUT2D eigenvalue weighted by Crippen LogP contribution is 2.27. The lowest BCUT2D eigenvalue weighted by Crippen LogP contribution is -2.25. The first-order chi connectivity index (χ1) is 12.2. The van der Waals surface area contributed by atoms with Crippen LogP contribution in [0.1, 0.15) is 33.8 Å². The van der Waals surface area contributed by atoms with E-state index in [9.17, 15) is 4.79 Å². The Morgan fingerprint density at radius 2 is 1.32 bits per heavy atom. The van der Waals surface area contributed by atoms with Crippen molar-refractivity contribution in [2.24, 2.45) is 0 Å². The molecule has 3 aromatic carbocycles. The molecule has 0 aromatic heterocycles. The quantitative estimate of drug-likeness (QED) is 0.643. The number of amides is 1. The van der Waals surface area contributed by atoms with E-state index >= 15 is 0 Å². The van der Waals surface area contributed by atoms with Gasteiger partial charge >= 0.3 is 0 Å². The maximum absolute atomic E-state index is 12.3. The Bertz CT molecular complexity index is 761. The molecular weight excluding hydrogens is 330 g/mol. The predicted octanol–water partition coefficient (Wildman–Crippen LogP) is 5.29. The molecule has 2 nitrogen and oxygen atoms in total. The van der Waals surface area contributed by atoms with Gasteiger partial charge in [0.1, 0.15) is 0 Å². The van der Waals surface area contributed by atoms with Crippen molar-refractivity contribution in [1.29, 1.82) is 0 Å². The van der Waals surface area contributed by atoms with Crippen LogP contribution in [0.3, 0.4) is 0 Å². The van der Waals surface area contributed by atoms with Crippen LogP contribution < -0.4 is 5.32 Å². The zero-order valence-corrected chi connectivity index (χ0v) is 14.6. The van der Waals surface area contributed by atoms with Crippen LogP contribution in [0.4, 0.5) is 0 Å². The summed E-state index contributed by atoms with van der Waals surface area (Å²) in [6.07, 6.45) is 0.841. The summed E-state index contributed by atoms with van der Waals surface area (Å²) in [4.78, 5) is 12.3. The van der Waals surface area contributed by atoms with Crippen molar-refractivity contribution in [3.63, 3.8) is 0 Å². The number of rotatable bonds is 6. The molecule has 3 aromatic rings. The van der Waals surface area contributed by atoms with Crippen molar-refractivity contribution in [1.82, 2.24) is 5.32 Å². The summed E-state index contributed by atoms with van der Waals surface area (Å²) >= 11 is 5.87. The van der Waals surface area contributed by atoms with Gasteiger partial charge in [0.15, 0.2) is 0 Å². The third-order valence-electron chi connectivity index (χ3n) is 4.23. The molecule has 0 heterocycles. The first-order valence-electron chi connectivity index (χ1n) is 8.37. The van der Waals surface area contributed by atoms with E-state index < -0.39 is 0 Å². The molecule has 0 saturated heterocycles. The van der Waals surface area contributed by atoms with E-state index in [0.29, 0.717) is 17.1 Å². The molecule has 0 spiro atoms. The first kappa shape index (κ1) is 17.2. The topological polar surface area (TPSA) is 29.1 Å². The van der Waals surface area contributed by atoms with Gasteiger partial charge in [-0.25, -0.2) is 0 Å². The normalized spacial score (nSPS) is 10.6. The molecule has 0 unspecified atom stereocenters. The fourth-order valence-corrected chi connectivity index (χ4v) is 3.06. The summed E-state index contributed by atoms with van der Waals surface area (Å²) < 4.78 is 0. The van der Waals surface area contributed by atoms with Gasteiger partial charge in [0.25, 0.3) is 5.91 Å². The lowest BCUT2D eigenvalue weighted by molar-refractivity contribution is 0.0953. The SMILES string of the molecule is O=C(NCCC(c1ccccc1)c1ccccc1)c1ccc(Cl)cc1. The van der Waals surface area contributed by atoms with E-state index in [1.807, 2.05) is 12.1 Å². The lowest BCUT2D eigenvalue weighted by atomic mass is 9.88. The van der Waals surface area contributed by atoms with E-state index in [-0.39, 0.29) is 11.8 Å². The van der Waals surface area contributed by atoms with Crippen molar-refractivity contribution in [2.45, 2.75) is 12.3 Å². The Hall–Kier alpha value is -2.58. The van der Waals surface area contributed by atoms with Gasteiger partial charge in [-0.1, -0.05) is 72.3 Å². The van der Waals surface area contributed by atoms with Crippen molar-refractivity contribution in [3.05, 3.63) is 107 Å². The van der Waals surface area contributed by atoms with Crippen molar-refractivity contribution in [2.75, 3.05) is 6.54 Å². The number of hydrogen-bond acceptors (Lipinski definition) is 1. The number of benzene rings is 3. The van der Waals surface area contributed by atoms with Gasteiger partial charge < -0.3 is 5.32 Å². The maximum Gasteiger partial charge on any atom is 0.251 e. The Morgan fingerprint density at radius 1 is 0.800 bits per heavy atom. The minimum Gasteiger partial charge on any atom is -0.352 e. The van der Waals surface area contributed by atoms with Crippen molar-refractivity contribution < 1.29 is 4.79 Å². The second kappa shape index (κ2) is 8.50. The monoisotopic (exact) mass is 349 g/mol. The van der Waals surface area contributed by atoms with E-state index in [1.54, 1.807) is 24.3 Å². The highest BCUT2D eigenvalue weighted by molar-refractivity contribution is 6.30. The number of carbonyl (C=O) groups excluding carboxylic acids is 1. The number of nitrogens with one attached hydrogen (secondary N) is 1. The van der Waals surface area contributed by atoms with Crippen LogP contribution in [0.2, 0.25) is 5.02 Å². The van der Waals surface area contributed by atoms with Gasteiger partial charge in [-0.2, -0.15) is 0 Å². The highest BCUT2D eigenvalue weighted by atomic mass is 35.5. The van der Waals surface area contributed by atoms with Gasteiger partial charge in [0, 0.05) is 23.0 Å². The highest BCUT2D eigenvalue weighted by Gasteiger charge is 2.14. The zero-order chi connectivity index (χ0) is 17.5. The van der Waals surface area contributed by atoms with Crippen LogP contribution in [0.15, 0.2) is 84.9 Å². The molecule has 1 N–H and O–H groups in total. The molecule has 0 fully saturated rings. The molecule has 126 valence electrons. The summed E-state index contributed by atoms with van der Waals surface area (Å²) in [6, 6.07) is 27.7. The van der Waals surface area contributed by atoms with Gasteiger partial charge in [0.05, 0.1) is 0 Å². The fourth-order valence-electron chi connectivity index (χ4n) is 2.93. The largest absolute Gasteiger partial charge is 0.352 e. The predicted molar refractivity (Wildman–Crippen MR) is 103 cm³/mol. The van der Waals surface area contributed by atoms with Crippen molar-refractivity contribution in [3.8, 4) is 0 Å². The summed E-state index contributed by atoms with van der Waals surface area (Å²) in [6.45, 7) is 0.607. The van der Waals surface area contributed by atoms with Gasteiger partial charge in [-0.15, -0.1) is 0 Å². The molecule has 3 rings (SSSR count). The molecule has 3 heteroatoms. The average molecular weight is 350 g/mol.